The van der Waals surface area contributed by atoms with Crippen molar-refractivity contribution in [1.82, 2.24) is 9.38 Å². The van der Waals surface area contributed by atoms with Crippen molar-refractivity contribution in [3.8, 4) is 0 Å². The van der Waals surface area contributed by atoms with Gasteiger partial charge in [0.15, 0.2) is 5.69 Å². The molecule has 176 valence electrons. The summed E-state index contributed by atoms with van der Waals surface area (Å²) >= 11 is 0. The van der Waals surface area contributed by atoms with Gasteiger partial charge in [-0.3, -0.25) is 13.9 Å². The SMILES string of the molecule is CS(=O)(=O)Nc1cccc(C(=O)Nc2ccc(Nc3cccc4nc(C(F)(F)F)cn34)cc2)c1. The molecule has 2 aromatic heterocycles. The number of aromatic nitrogens is 2. The van der Waals surface area contributed by atoms with Gasteiger partial charge in [-0.1, -0.05) is 12.1 Å². The van der Waals surface area contributed by atoms with Gasteiger partial charge >= 0.3 is 6.18 Å². The van der Waals surface area contributed by atoms with Crippen LogP contribution in [0.15, 0.2) is 72.9 Å². The molecule has 0 unspecified atom stereocenters. The Kier molecular flexibility index (Phi) is 5.92. The summed E-state index contributed by atoms with van der Waals surface area (Å²) in [7, 11) is -3.48. The molecule has 0 fully saturated rings. The smallest absolute Gasteiger partial charge is 0.341 e. The number of benzene rings is 2. The summed E-state index contributed by atoms with van der Waals surface area (Å²) < 4.78 is 65.3. The zero-order valence-electron chi connectivity index (χ0n) is 17.6. The van der Waals surface area contributed by atoms with Crippen molar-refractivity contribution in [3.63, 3.8) is 0 Å². The Morgan fingerprint density at radius 3 is 2.29 bits per heavy atom. The van der Waals surface area contributed by atoms with Crippen LogP contribution in [-0.4, -0.2) is 30.0 Å². The van der Waals surface area contributed by atoms with E-state index < -0.39 is 27.8 Å². The van der Waals surface area contributed by atoms with Crippen molar-refractivity contribution in [3.05, 3.63) is 84.2 Å². The molecule has 4 rings (SSSR count). The van der Waals surface area contributed by atoms with Crippen LogP contribution in [-0.2, 0) is 16.2 Å². The van der Waals surface area contributed by atoms with Crippen LogP contribution >= 0.6 is 0 Å². The highest BCUT2D eigenvalue weighted by Crippen LogP contribution is 2.30. The van der Waals surface area contributed by atoms with E-state index in [1.165, 1.54) is 22.6 Å². The van der Waals surface area contributed by atoms with Crippen LogP contribution in [0.1, 0.15) is 16.1 Å². The topological polar surface area (TPSA) is 105 Å². The first-order valence-electron chi connectivity index (χ1n) is 9.79. The minimum absolute atomic E-state index is 0.147. The molecule has 12 heteroatoms. The molecular weight excluding hydrogens is 471 g/mol. The molecule has 0 bridgehead atoms. The lowest BCUT2D eigenvalue weighted by molar-refractivity contribution is -0.140. The number of pyridine rings is 1. The first kappa shape index (κ1) is 23.1. The lowest BCUT2D eigenvalue weighted by Gasteiger charge is -2.11. The number of imidazole rings is 1. The van der Waals surface area contributed by atoms with Gasteiger partial charge in [-0.05, 0) is 54.6 Å². The van der Waals surface area contributed by atoms with E-state index in [4.69, 9.17) is 0 Å². The third kappa shape index (κ3) is 5.46. The quantitative estimate of drug-likeness (QED) is 0.364. The standard InChI is InChI=1S/C22H18F3N5O3S/c1-34(32,33)29-17-5-2-4-14(12-17)21(31)27-16-10-8-15(9-11-16)26-19-6-3-7-20-28-18(13-30(19)20)22(23,24)25/h2-13,26,29H,1H3,(H,27,31). The van der Waals surface area contributed by atoms with Crippen LogP contribution < -0.4 is 15.4 Å². The number of hydrogen-bond donors (Lipinski definition) is 3. The predicted molar refractivity (Wildman–Crippen MR) is 123 cm³/mol. The lowest BCUT2D eigenvalue weighted by atomic mass is 10.2. The Morgan fingerprint density at radius 1 is 0.941 bits per heavy atom. The number of alkyl halides is 3. The molecule has 0 aliphatic rings. The molecule has 0 aliphatic heterocycles. The molecule has 0 radical (unpaired) electrons. The van der Waals surface area contributed by atoms with Crippen molar-refractivity contribution in [2.45, 2.75) is 6.18 Å². The number of hydrogen-bond acceptors (Lipinski definition) is 5. The van der Waals surface area contributed by atoms with Crippen molar-refractivity contribution in [2.24, 2.45) is 0 Å². The average molecular weight is 489 g/mol. The van der Waals surface area contributed by atoms with E-state index in [1.807, 2.05) is 0 Å². The Morgan fingerprint density at radius 2 is 1.62 bits per heavy atom. The molecule has 3 N–H and O–H groups in total. The second kappa shape index (κ2) is 8.71. The van der Waals surface area contributed by atoms with Crippen LogP contribution in [0.5, 0.6) is 0 Å². The zero-order chi connectivity index (χ0) is 24.5. The van der Waals surface area contributed by atoms with Crippen LogP contribution in [0.3, 0.4) is 0 Å². The van der Waals surface area contributed by atoms with Gasteiger partial charge in [0.1, 0.15) is 11.5 Å². The summed E-state index contributed by atoms with van der Waals surface area (Å²) in [4.78, 5) is 16.1. The van der Waals surface area contributed by atoms with E-state index in [0.29, 0.717) is 17.2 Å². The lowest BCUT2D eigenvalue weighted by Crippen LogP contribution is -2.13. The van der Waals surface area contributed by atoms with Crippen molar-refractivity contribution in [1.29, 1.82) is 0 Å². The maximum atomic E-state index is 13.0. The van der Waals surface area contributed by atoms with Gasteiger partial charge in [0.05, 0.1) is 6.26 Å². The van der Waals surface area contributed by atoms with Crippen LogP contribution in [0.2, 0.25) is 0 Å². The molecule has 0 atom stereocenters. The highest BCUT2D eigenvalue weighted by atomic mass is 32.2. The summed E-state index contributed by atoms with van der Waals surface area (Å²) in [5, 5.41) is 5.74. The van der Waals surface area contributed by atoms with Crippen molar-refractivity contribution < 1.29 is 26.4 Å². The summed E-state index contributed by atoms with van der Waals surface area (Å²) in [6.45, 7) is 0. The molecule has 0 spiro atoms. The minimum atomic E-state index is -4.55. The van der Waals surface area contributed by atoms with Gasteiger partial charge < -0.3 is 10.6 Å². The van der Waals surface area contributed by atoms with Crippen molar-refractivity contribution in [2.75, 3.05) is 21.6 Å². The normalized spacial score (nSPS) is 11.9. The fourth-order valence-electron chi connectivity index (χ4n) is 3.18. The second-order valence-electron chi connectivity index (χ2n) is 7.37. The Hall–Kier alpha value is -4.06. The number of nitrogens with one attached hydrogen (secondary N) is 3. The average Bonchev–Trinajstić information content (AvgIpc) is 3.20. The molecule has 1 amide bonds. The summed E-state index contributed by atoms with van der Waals surface area (Å²) in [5.41, 5.74) is 0.717. The molecule has 0 saturated heterocycles. The molecular formula is C22H18F3N5O3S. The van der Waals surface area contributed by atoms with Gasteiger partial charge in [0.2, 0.25) is 10.0 Å². The van der Waals surface area contributed by atoms with Gasteiger partial charge in [-0.25, -0.2) is 13.4 Å². The van der Waals surface area contributed by atoms with Crippen LogP contribution in [0.25, 0.3) is 5.65 Å². The van der Waals surface area contributed by atoms with E-state index >= 15 is 0 Å². The first-order chi connectivity index (χ1) is 16.0. The molecule has 4 aromatic rings. The van der Waals surface area contributed by atoms with E-state index in [2.05, 4.69) is 20.3 Å². The highest BCUT2D eigenvalue weighted by molar-refractivity contribution is 7.92. The third-order valence-electron chi connectivity index (χ3n) is 4.63. The zero-order valence-corrected chi connectivity index (χ0v) is 18.4. The van der Waals surface area contributed by atoms with E-state index in [9.17, 15) is 26.4 Å². The number of carbonyl (C=O) groups is 1. The number of sulfonamides is 1. The Bertz CT molecular complexity index is 1470. The van der Waals surface area contributed by atoms with Gasteiger partial charge in [-0.2, -0.15) is 13.2 Å². The Balaban J connectivity index is 1.48. The largest absolute Gasteiger partial charge is 0.434 e. The monoisotopic (exact) mass is 489 g/mol. The number of fused-ring (bicyclic) bond motifs is 1. The fourth-order valence-corrected chi connectivity index (χ4v) is 3.73. The van der Waals surface area contributed by atoms with E-state index in [-0.39, 0.29) is 16.9 Å². The van der Waals surface area contributed by atoms with Crippen LogP contribution in [0, 0.1) is 0 Å². The van der Waals surface area contributed by atoms with Crippen molar-refractivity contribution >= 4 is 44.5 Å². The molecule has 8 nitrogen and oxygen atoms in total. The molecule has 34 heavy (non-hydrogen) atoms. The maximum absolute atomic E-state index is 13.0. The summed E-state index contributed by atoms with van der Waals surface area (Å²) in [6.07, 6.45) is -2.62. The number of halogens is 3. The predicted octanol–water partition coefficient (Wildman–Crippen LogP) is 4.72. The second-order valence-corrected chi connectivity index (χ2v) is 9.12. The molecule has 2 aromatic carbocycles. The third-order valence-corrected chi connectivity index (χ3v) is 5.23. The first-order valence-corrected chi connectivity index (χ1v) is 11.7. The van der Waals surface area contributed by atoms with Gasteiger partial charge in [0.25, 0.3) is 5.91 Å². The number of rotatable bonds is 6. The number of carbonyl (C=O) groups excluding carboxylic acids is 1. The number of anilines is 4. The Labute approximate surface area is 192 Å². The summed E-state index contributed by atoms with van der Waals surface area (Å²) in [6, 6.07) is 17.2. The van der Waals surface area contributed by atoms with E-state index in [1.54, 1.807) is 48.5 Å². The molecule has 0 aliphatic carbocycles. The number of nitrogens with zero attached hydrogens (tertiary/aromatic N) is 2. The summed E-state index contributed by atoms with van der Waals surface area (Å²) in [5.74, 6) is -0.0619. The van der Waals surface area contributed by atoms with Gasteiger partial charge in [-0.15, -0.1) is 0 Å². The minimum Gasteiger partial charge on any atom is -0.341 e. The number of amides is 1. The maximum Gasteiger partial charge on any atom is 0.434 e. The molecule has 2 heterocycles. The van der Waals surface area contributed by atoms with Crippen LogP contribution in [0.4, 0.5) is 36.1 Å². The highest BCUT2D eigenvalue weighted by Gasteiger charge is 2.34. The van der Waals surface area contributed by atoms with E-state index in [0.717, 1.165) is 12.5 Å². The molecule has 0 saturated carbocycles. The fraction of sp³-hybridized carbons (Fsp3) is 0.0909. The van der Waals surface area contributed by atoms with Gasteiger partial charge in [0, 0.05) is 28.8 Å².